The van der Waals surface area contributed by atoms with Crippen molar-refractivity contribution in [2.24, 2.45) is 0 Å². The molecule has 0 aliphatic heterocycles. The average Bonchev–Trinajstić information content (AvgIpc) is 3.05. The van der Waals surface area contributed by atoms with Crippen molar-refractivity contribution in [3.63, 3.8) is 0 Å². The normalized spacial score (nSPS) is 10.7. The minimum Gasteiger partial charge on any atom is -0.493 e. The van der Waals surface area contributed by atoms with Gasteiger partial charge in [0, 0.05) is 11.3 Å². The zero-order chi connectivity index (χ0) is 19.4. The summed E-state index contributed by atoms with van der Waals surface area (Å²) in [6, 6.07) is 11.9. The van der Waals surface area contributed by atoms with Crippen LogP contribution in [0.5, 0.6) is 17.2 Å². The smallest absolute Gasteiger partial charge is 0.210 e. The molecule has 8 heteroatoms. The van der Waals surface area contributed by atoms with Crippen LogP contribution in [0.3, 0.4) is 0 Å². The van der Waals surface area contributed by atoms with Gasteiger partial charge < -0.3 is 20.1 Å². The van der Waals surface area contributed by atoms with E-state index < -0.39 is 0 Å². The number of aryl methyl sites for hydroxylation is 1. The highest BCUT2D eigenvalue weighted by molar-refractivity contribution is 7.98. The topological polar surface area (TPSA) is 84.4 Å². The van der Waals surface area contributed by atoms with Crippen LogP contribution in [0.2, 0.25) is 0 Å². The van der Waals surface area contributed by atoms with E-state index in [0.29, 0.717) is 28.2 Å². The van der Waals surface area contributed by atoms with Gasteiger partial charge in [-0.05, 0) is 24.6 Å². The van der Waals surface area contributed by atoms with Gasteiger partial charge in [-0.2, -0.15) is 0 Å². The molecule has 0 aliphatic rings. The zero-order valence-electron chi connectivity index (χ0n) is 15.7. The summed E-state index contributed by atoms with van der Waals surface area (Å²) in [6.07, 6.45) is 0. The van der Waals surface area contributed by atoms with Gasteiger partial charge in [0.15, 0.2) is 17.3 Å². The number of thioether (sulfide) groups is 1. The zero-order valence-corrected chi connectivity index (χ0v) is 16.5. The first-order chi connectivity index (χ1) is 13.1. The predicted octanol–water partition coefficient (Wildman–Crippen LogP) is 3.29. The third-order valence-electron chi connectivity index (χ3n) is 4.04. The molecule has 0 amide bonds. The molecule has 0 saturated carbocycles. The maximum Gasteiger partial charge on any atom is 0.210 e. The molecule has 2 N–H and O–H groups in total. The van der Waals surface area contributed by atoms with Gasteiger partial charge in [0.25, 0.3) is 0 Å². The lowest BCUT2D eigenvalue weighted by Crippen LogP contribution is -2.11. The van der Waals surface area contributed by atoms with Gasteiger partial charge in [-0.1, -0.05) is 41.6 Å². The molecule has 1 heterocycles. The van der Waals surface area contributed by atoms with Crippen molar-refractivity contribution in [3.05, 3.63) is 47.5 Å². The number of methoxy groups -OCH3 is 3. The predicted molar refractivity (Wildman–Crippen MR) is 106 cm³/mol. The molecule has 0 aliphatic carbocycles. The lowest BCUT2D eigenvalue weighted by molar-refractivity contribution is 0.324. The fourth-order valence-corrected chi connectivity index (χ4v) is 3.53. The van der Waals surface area contributed by atoms with Gasteiger partial charge in [0.1, 0.15) is 0 Å². The van der Waals surface area contributed by atoms with E-state index in [0.717, 1.165) is 11.3 Å². The Morgan fingerprint density at radius 2 is 1.70 bits per heavy atom. The number of ether oxygens (including phenoxy) is 3. The molecule has 142 valence electrons. The SMILES string of the molecule is COc1cc(-c2nnc(SCc3cccc(C)c3)n2N)cc(OC)c1OC. The van der Waals surface area contributed by atoms with Crippen LogP contribution in [0.1, 0.15) is 11.1 Å². The third kappa shape index (κ3) is 3.95. The highest BCUT2D eigenvalue weighted by Gasteiger charge is 2.18. The summed E-state index contributed by atoms with van der Waals surface area (Å²) in [6.45, 7) is 2.07. The van der Waals surface area contributed by atoms with E-state index in [-0.39, 0.29) is 0 Å². The van der Waals surface area contributed by atoms with Crippen LogP contribution in [0.4, 0.5) is 0 Å². The molecule has 3 aromatic rings. The maximum atomic E-state index is 6.24. The lowest BCUT2D eigenvalue weighted by atomic mass is 10.1. The van der Waals surface area contributed by atoms with E-state index in [1.165, 1.54) is 27.6 Å². The lowest BCUT2D eigenvalue weighted by Gasteiger charge is -2.13. The number of aromatic nitrogens is 3. The Morgan fingerprint density at radius 3 is 2.30 bits per heavy atom. The molecule has 27 heavy (non-hydrogen) atoms. The van der Waals surface area contributed by atoms with Crippen LogP contribution in [-0.4, -0.2) is 36.2 Å². The van der Waals surface area contributed by atoms with Gasteiger partial charge >= 0.3 is 0 Å². The van der Waals surface area contributed by atoms with Crippen LogP contribution in [0, 0.1) is 6.92 Å². The highest BCUT2D eigenvalue weighted by Crippen LogP contribution is 2.41. The molecule has 0 unspecified atom stereocenters. The first kappa shape index (κ1) is 18.9. The molecule has 7 nitrogen and oxygen atoms in total. The van der Waals surface area contributed by atoms with E-state index in [2.05, 4.69) is 35.3 Å². The Balaban J connectivity index is 1.88. The Labute approximate surface area is 162 Å². The summed E-state index contributed by atoms with van der Waals surface area (Å²) < 4.78 is 17.6. The van der Waals surface area contributed by atoms with E-state index in [1.807, 2.05) is 6.07 Å². The van der Waals surface area contributed by atoms with Crippen molar-refractivity contribution in [2.75, 3.05) is 27.2 Å². The summed E-state index contributed by atoms with van der Waals surface area (Å²) in [4.78, 5) is 0. The second-order valence-corrected chi connectivity index (χ2v) is 6.81. The third-order valence-corrected chi connectivity index (χ3v) is 5.05. The van der Waals surface area contributed by atoms with Gasteiger partial charge in [0.05, 0.1) is 21.3 Å². The second-order valence-electron chi connectivity index (χ2n) is 5.87. The fraction of sp³-hybridized carbons (Fsp3) is 0.263. The first-order valence-corrected chi connectivity index (χ1v) is 9.25. The first-order valence-electron chi connectivity index (χ1n) is 8.26. The standard InChI is InChI=1S/C19H22N4O3S/c1-12-6-5-7-13(8-12)11-27-19-22-21-18(23(19)20)14-9-15(24-2)17(26-4)16(10-14)25-3/h5-10H,11,20H2,1-4H3. The number of nitrogens with zero attached hydrogens (tertiary/aromatic N) is 3. The number of nitrogens with two attached hydrogens (primary N) is 1. The second kappa shape index (κ2) is 8.22. The van der Waals surface area contributed by atoms with Gasteiger partial charge in [-0.25, -0.2) is 4.68 Å². The average molecular weight is 386 g/mol. The molecule has 0 radical (unpaired) electrons. The summed E-state index contributed by atoms with van der Waals surface area (Å²) in [5, 5.41) is 9.08. The minimum absolute atomic E-state index is 0.515. The number of hydrogen-bond donors (Lipinski definition) is 1. The van der Waals surface area contributed by atoms with E-state index in [9.17, 15) is 0 Å². The van der Waals surface area contributed by atoms with Crippen LogP contribution in [0.25, 0.3) is 11.4 Å². The number of nitrogen functional groups attached to an aromatic ring is 1. The Bertz CT molecular complexity index is 917. The van der Waals surface area contributed by atoms with Crippen LogP contribution in [0.15, 0.2) is 41.6 Å². The van der Waals surface area contributed by atoms with Gasteiger partial charge in [-0.3, -0.25) is 0 Å². The van der Waals surface area contributed by atoms with Crippen molar-refractivity contribution in [2.45, 2.75) is 17.8 Å². The van der Waals surface area contributed by atoms with Crippen molar-refractivity contribution < 1.29 is 14.2 Å². The van der Waals surface area contributed by atoms with E-state index in [1.54, 1.807) is 33.5 Å². The summed E-state index contributed by atoms with van der Waals surface area (Å²) in [7, 11) is 4.69. The molecule has 3 rings (SSSR count). The monoisotopic (exact) mass is 386 g/mol. The van der Waals surface area contributed by atoms with Crippen molar-refractivity contribution in [1.82, 2.24) is 14.9 Å². The molecular formula is C19H22N4O3S. The summed E-state index contributed by atoms with van der Waals surface area (Å²) in [5.41, 5.74) is 3.15. The Hall–Kier alpha value is -2.87. The van der Waals surface area contributed by atoms with Crippen LogP contribution >= 0.6 is 11.8 Å². The fourth-order valence-electron chi connectivity index (χ4n) is 2.73. The Kier molecular flexibility index (Phi) is 5.75. The van der Waals surface area contributed by atoms with Crippen LogP contribution in [-0.2, 0) is 5.75 Å². The van der Waals surface area contributed by atoms with Gasteiger partial charge in [0.2, 0.25) is 10.9 Å². The Morgan fingerprint density at radius 1 is 1.00 bits per heavy atom. The highest BCUT2D eigenvalue weighted by atomic mass is 32.2. The molecule has 0 atom stereocenters. The number of hydrogen-bond acceptors (Lipinski definition) is 7. The molecule has 2 aromatic carbocycles. The van der Waals surface area contributed by atoms with Crippen molar-refractivity contribution in [1.29, 1.82) is 0 Å². The minimum atomic E-state index is 0.515. The van der Waals surface area contributed by atoms with Crippen molar-refractivity contribution in [3.8, 4) is 28.6 Å². The summed E-state index contributed by atoms with van der Waals surface area (Å²) >= 11 is 1.53. The molecule has 0 fully saturated rings. The molecule has 0 bridgehead atoms. The summed E-state index contributed by atoms with van der Waals surface area (Å²) in [5.74, 6) is 9.09. The maximum absolute atomic E-state index is 6.24. The van der Waals surface area contributed by atoms with E-state index in [4.69, 9.17) is 20.1 Å². The van der Waals surface area contributed by atoms with E-state index >= 15 is 0 Å². The van der Waals surface area contributed by atoms with Gasteiger partial charge in [-0.15, -0.1) is 10.2 Å². The van der Waals surface area contributed by atoms with Crippen molar-refractivity contribution >= 4 is 11.8 Å². The largest absolute Gasteiger partial charge is 0.493 e. The molecule has 1 aromatic heterocycles. The number of rotatable bonds is 7. The quantitative estimate of drug-likeness (QED) is 0.493. The molecular weight excluding hydrogens is 364 g/mol. The van der Waals surface area contributed by atoms with Crippen LogP contribution < -0.4 is 20.1 Å². The molecule has 0 saturated heterocycles. The molecule has 0 spiro atoms. The number of benzene rings is 2.